The van der Waals surface area contributed by atoms with E-state index in [0.29, 0.717) is 5.56 Å². The molecule has 1 aromatic carbocycles. The fourth-order valence-electron chi connectivity index (χ4n) is 1.59. The van der Waals surface area contributed by atoms with Crippen molar-refractivity contribution in [3.05, 3.63) is 23.5 Å². The lowest BCUT2D eigenvalue weighted by molar-refractivity contribution is -0.138. The Hall–Kier alpha value is -1.82. The lowest BCUT2D eigenvalue weighted by Gasteiger charge is -2.17. The number of ether oxygens (including phenoxy) is 2. The van der Waals surface area contributed by atoms with Crippen molar-refractivity contribution in [2.24, 2.45) is 5.73 Å². The van der Waals surface area contributed by atoms with E-state index in [2.05, 4.69) is 0 Å². The second-order valence-corrected chi connectivity index (χ2v) is 3.33. The summed E-state index contributed by atoms with van der Waals surface area (Å²) in [5, 5.41) is 9.01. The normalized spacial score (nSPS) is 12.0. The van der Waals surface area contributed by atoms with E-state index in [1.165, 1.54) is 20.3 Å². The molecule has 17 heavy (non-hydrogen) atoms. The second kappa shape index (κ2) is 5.49. The monoisotopic (exact) mass is 243 g/mol. The number of nitrogens with two attached hydrogens (primary N) is 1. The number of carboxylic acids is 1. The van der Waals surface area contributed by atoms with Gasteiger partial charge in [0.1, 0.15) is 0 Å². The molecule has 0 heterocycles. The molecule has 1 rings (SSSR count). The second-order valence-electron chi connectivity index (χ2n) is 3.33. The molecule has 1 unspecified atom stereocenters. The zero-order valence-electron chi connectivity index (χ0n) is 9.57. The highest BCUT2D eigenvalue weighted by atomic mass is 19.1. The molecule has 1 aromatic rings. The van der Waals surface area contributed by atoms with E-state index in [1.807, 2.05) is 0 Å². The van der Waals surface area contributed by atoms with E-state index in [-0.39, 0.29) is 18.0 Å². The molecular weight excluding hydrogens is 229 g/mol. The summed E-state index contributed by atoms with van der Waals surface area (Å²) in [6, 6.07) is 2.46. The van der Waals surface area contributed by atoms with Gasteiger partial charge >= 0.3 is 5.97 Å². The van der Waals surface area contributed by atoms with Gasteiger partial charge < -0.3 is 20.3 Å². The van der Waals surface area contributed by atoms with Crippen LogP contribution in [0.25, 0.3) is 0 Å². The summed E-state index contributed by atoms with van der Waals surface area (Å²) in [4.78, 5) is 11.0. The van der Waals surface area contributed by atoms with Crippen molar-refractivity contribution in [2.45, 2.75) is 5.92 Å². The third-order valence-corrected chi connectivity index (χ3v) is 2.41. The average molecular weight is 243 g/mol. The molecular formula is C11H14FNO4. The summed E-state index contributed by atoms with van der Waals surface area (Å²) in [7, 11) is 2.60. The number of aliphatic carboxylic acids is 1. The van der Waals surface area contributed by atoms with Crippen LogP contribution in [-0.2, 0) is 4.79 Å². The molecule has 0 saturated carbocycles. The van der Waals surface area contributed by atoms with Gasteiger partial charge in [-0.25, -0.2) is 4.39 Å². The predicted octanol–water partition coefficient (Wildman–Crippen LogP) is 0.970. The summed E-state index contributed by atoms with van der Waals surface area (Å²) in [5.74, 6) is -2.73. The maximum absolute atomic E-state index is 13.4. The van der Waals surface area contributed by atoms with Gasteiger partial charge in [-0.15, -0.1) is 0 Å². The number of rotatable bonds is 5. The van der Waals surface area contributed by atoms with Gasteiger partial charge in [0, 0.05) is 12.1 Å². The fraction of sp³-hybridized carbons (Fsp3) is 0.364. The van der Waals surface area contributed by atoms with E-state index >= 15 is 0 Å². The van der Waals surface area contributed by atoms with Crippen molar-refractivity contribution < 1.29 is 23.8 Å². The van der Waals surface area contributed by atoms with Gasteiger partial charge in [-0.1, -0.05) is 6.07 Å². The molecule has 6 heteroatoms. The first kappa shape index (κ1) is 13.2. The Morgan fingerprint density at radius 1 is 1.41 bits per heavy atom. The zero-order valence-corrected chi connectivity index (χ0v) is 9.57. The smallest absolute Gasteiger partial charge is 0.312 e. The van der Waals surface area contributed by atoms with Crippen molar-refractivity contribution in [3.63, 3.8) is 0 Å². The van der Waals surface area contributed by atoms with E-state index in [1.54, 1.807) is 0 Å². The van der Waals surface area contributed by atoms with Gasteiger partial charge in [-0.2, -0.15) is 0 Å². The fourth-order valence-corrected chi connectivity index (χ4v) is 1.59. The zero-order chi connectivity index (χ0) is 13.0. The summed E-state index contributed by atoms with van der Waals surface area (Å²) in [5.41, 5.74) is 5.68. The van der Waals surface area contributed by atoms with Gasteiger partial charge in [-0.3, -0.25) is 4.79 Å². The Morgan fingerprint density at radius 3 is 2.41 bits per heavy atom. The predicted molar refractivity (Wildman–Crippen MR) is 58.9 cm³/mol. The van der Waals surface area contributed by atoms with Crippen molar-refractivity contribution in [1.82, 2.24) is 0 Å². The summed E-state index contributed by atoms with van der Waals surface area (Å²) in [6.45, 7) is -0.111. The van der Waals surface area contributed by atoms with Crippen LogP contribution in [0.2, 0.25) is 0 Å². The van der Waals surface area contributed by atoms with Crippen LogP contribution >= 0.6 is 0 Å². The van der Waals surface area contributed by atoms with Crippen LogP contribution in [0.15, 0.2) is 12.1 Å². The number of methoxy groups -OCH3 is 2. The Morgan fingerprint density at radius 2 is 2.00 bits per heavy atom. The van der Waals surface area contributed by atoms with Crippen LogP contribution in [-0.4, -0.2) is 31.8 Å². The van der Waals surface area contributed by atoms with Crippen molar-refractivity contribution in [2.75, 3.05) is 20.8 Å². The molecule has 0 radical (unpaired) electrons. The third-order valence-electron chi connectivity index (χ3n) is 2.41. The summed E-state index contributed by atoms with van der Waals surface area (Å²) >= 11 is 0. The molecule has 0 fully saturated rings. The largest absolute Gasteiger partial charge is 0.492 e. The first-order valence-electron chi connectivity index (χ1n) is 4.90. The van der Waals surface area contributed by atoms with Gasteiger partial charge in [0.15, 0.2) is 17.3 Å². The molecule has 0 saturated heterocycles. The molecule has 0 amide bonds. The molecule has 0 spiro atoms. The molecule has 0 aromatic heterocycles. The molecule has 1 atom stereocenters. The van der Waals surface area contributed by atoms with Crippen LogP contribution in [0.5, 0.6) is 11.5 Å². The van der Waals surface area contributed by atoms with Crippen LogP contribution in [0.1, 0.15) is 11.5 Å². The Balaban J connectivity index is 3.37. The maximum Gasteiger partial charge on any atom is 0.312 e. The molecule has 94 valence electrons. The molecule has 0 aliphatic heterocycles. The Bertz CT molecular complexity index is 422. The minimum Gasteiger partial charge on any atom is -0.492 e. The van der Waals surface area contributed by atoms with E-state index in [0.717, 1.165) is 6.07 Å². The van der Waals surface area contributed by atoms with Gasteiger partial charge in [0.05, 0.1) is 20.1 Å². The minimum absolute atomic E-state index is 0.0605. The Labute approximate surface area is 97.9 Å². The lowest BCUT2D eigenvalue weighted by Crippen LogP contribution is -2.22. The minimum atomic E-state index is -1.10. The van der Waals surface area contributed by atoms with Gasteiger partial charge in [-0.05, 0) is 6.07 Å². The molecule has 3 N–H and O–H groups in total. The van der Waals surface area contributed by atoms with E-state index in [4.69, 9.17) is 20.3 Å². The topological polar surface area (TPSA) is 81.8 Å². The third kappa shape index (κ3) is 2.47. The first-order valence-corrected chi connectivity index (χ1v) is 4.90. The SMILES string of the molecule is COc1c(F)ccc(C(CN)C(=O)O)c1OC. The van der Waals surface area contributed by atoms with E-state index < -0.39 is 17.7 Å². The average Bonchev–Trinajstić information content (AvgIpc) is 2.30. The Kier molecular flexibility index (Phi) is 4.28. The number of benzene rings is 1. The molecule has 0 aliphatic rings. The number of carboxylic acid groups (broad SMARTS) is 1. The highest BCUT2D eigenvalue weighted by Gasteiger charge is 2.25. The quantitative estimate of drug-likeness (QED) is 0.805. The number of carbonyl (C=O) groups is 1. The lowest BCUT2D eigenvalue weighted by atomic mass is 9.98. The van der Waals surface area contributed by atoms with Crippen LogP contribution in [0.3, 0.4) is 0 Å². The molecule has 5 nitrogen and oxygen atoms in total. The molecule has 0 aliphatic carbocycles. The van der Waals surface area contributed by atoms with Crippen molar-refractivity contribution in [1.29, 1.82) is 0 Å². The molecule has 0 bridgehead atoms. The highest BCUT2D eigenvalue weighted by Crippen LogP contribution is 2.37. The summed E-state index contributed by atoms with van der Waals surface area (Å²) < 4.78 is 23.2. The van der Waals surface area contributed by atoms with Gasteiger partial charge in [0.2, 0.25) is 0 Å². The van der Waals surface area contributed by atoms with Crippen LogP contribution in [0, 0.1) is 5.82 Å². The van der Waals surface area contributed by atoms with Crippen LogP contribution < -0.4 is 15.2 Å². The van der Waals surface area contributed by atoms with E-state index in [9.17, 15) is 9.18 Å². The van der Waals surface area contributed by atoms with Crippen molar-refractivity contribution in [3.8, 4) is 11.5 Å². The standard InChI is InChI=1S/C11H14FNO4/c1-16-9-6(7(5-13)11(14)15)3-4-8(12)10(9)17-2/h3-4,7H,5,13H2,1-2H3,(H,14,15). The summed E-state index contributed by atoms with van der Waals surface area (Å²) in [6.07, 6.45) is 0. The maximum atomic E-state index is 13.4. The van der Waals surface area contributed by atoms with Crippen molar-refractivity contribution >= 4 is 5.97 Å². The number of hydrogen-bond acceptors (Lipinski definition) is 4. The van der Waals surface area contributed by atoms with Gasteiger partial charge in [0.25, 0.3) is 0 Å². The first-order chi connectivity index (χ1) is 8.06. The number of halogens is 1. The highest BCUT2D eigenvalue weighted by molar-refractivity contribution is 5.78. The number of hydrogen-bond donors (Lipinski definition) is 2. The van der Waals surface area contributed by atoms with Crippen LogP contribution in [0.4, 0.5) is 4.39 Å².